The van der Waals surface area contributed by atoms with Gasteiger partial charge in [-0.1, -0.05) is 42.5 Å². The number of nitrogens with zero attached hydrogens (tertiary/aromatic N) is 2. The van der Waals surface area contributed by atoms with Crippen molar-refractivity contribution in [2.45, 2.75) is 26.0 Å². The number of carbonyl (C=O) groups is 1. The van der Waals surface area contributed by atoms with Gasteiger partial charge in [-0.3, -0.25) is 9.59 Å². The summed E-state index contributed by atoms with van der Waals surface area (Å²) in [5.41, 5.74) is 1.56. The Labute approximate surface area is 157 Å². The number of fused-ring (bicyclic) bond motifs is 1. The van der Waals surface area contributed by atoms with Crippen LogP contribution in [0.2, 0.25) is 0 Å². The number of rotatable bonds is 8. The average Bonchev–Trinajstić information content (AvgIpc) is 2.68. The average molecular weight is 365 g/mol. The van der Waals surface area contributed by atoms with Crippen molar-refractivity contribution in [2.24, 2.45) is 0 Å². The molecule has 2 aromatic carbocycles. The normalized spacial score (nSPS) is 10.9. The number of aromatic amines is 1. The molecule has 6 nitrogen and oxygen atoms in total. The maximum Gasteiger partial charge on any atom is 0.258 e. The summed E-state index contributed by atoms with van der Waals surface area (Å²) in [4.78, 5) is 33.1. The van der Waals surface area contributed by atoms with E-state index in [0.717, 1.165) is 5.56 Å². The van der Waals surface area contributed by atoms with Gasteiger partial charge in [0.25, 0.3) is 5.56 Å². The lowest BCUT2D eigenvalue weighted by Crippen LogP contribution is -2.28. The van der Waals surface area contributed by atoms with E-state index in [9.17, 15) is 9.59 Å². The lowest BCUT2D eigenvalue weighted by molar-refractivity contribution is -0.130. The maximum absolute atomic E-state index is 12.3. The van der Waals surface area contributed by atoms with Gasteiger partial charge in [-0.2, -0.15) is 0 Å². The van der Waals surface area contributed by atoms with Gasteiger partial charge in [0.05, 0.1) is 24.1 Å². The fourth-order valence-electron chi connectivity index (χ4n) is 2.80. The van der Waals surface area contributed by atoms with Crippen LogP contribution in [0.3, 0.4) is 0 Å². The molecule has 0 unspecified atom stereocenters. The Morgan fingerprint density at radius 1 is 1.11 bits per heavy atom. The number of carbonyl (C=O) groups excluding carboxylic acids is 1. The highest BCUT2D eigenvalue weighted by Crippen LogP contribution is 2.08. The van der Waals surface area contributed by atoms with Crippen LogP contribution in [0.15, 0.2) is 59.4 Å². The molecule has 0 fully saturated rings. The molecule has 0 bridgehead atoms. The predicted molar refractivity (Wildman–Crippen MR) is 104 cm³/mol. The van der Waals surface area contributed by atoms with Gasteiger partial charge in [0.15, 0.2) is 0 Å². The third-order valence-electron chi connectivity index (χ3n) is 4.27. The number of nitrogens with one attached hydrogen (secondary N) is 1. The van der Waals surface area contributed by atoms with Crippen LogP contribution >= 0.6 is 0 Å². The largest absolute Gasteiger partial charge is 0.377 e. The Bertz CT molecular complexity index is 954. The minimum absolute atomic E-state index is 0.00545. The summed E-state index contributed by atoms with van der Waals surface area (Å²) in [6.45, 7) is 1.34. The van der Waals surface area contributed by atoms with Crippen molar-refractivity contribution >= 4 is 16.8 Å². The van der Waals surface area contributed by atoms with Gasteiger partial charge in [0.2, 0.25) is 5.91 Å². The Balaban J connectivity index is 1.46. The van der Waals surface area contributed by atoms with Crippen molar-refractivity contribution < 1.29 is 9.53 Å². The number of aromatic nitrogens is 2. The molecule has 0 aliphatic rings. The van der Waals surface area contributed by atoms with Crippen LogP contribution in [0.5, 0.6) is 0 Å². The molecule has 0 saturated heterocycles. The van der Waals surface area contributed by atoms with Crippen molar-refractivity contribution in [3.8, 4) is 0 Å². The monoisotopic (exact) mass is 365 g/mol. The highest BCUT2D eigenvalue weighted by atomic mass is 16.5. The molecule has 0 radical (unpaired) electrons. The second-order valence-electron chi connectivity index (χ2n) is 6.42. The van der Waals surface area contributed by atoms with Gasteiger partial charge < -0.3 is 14.6 Å². The summed E-state index contributed by atoms with van der Waals surface area (Å²) in [7, 11) is 1.71. The molecule has 0 atom stereocenters. The first-order valence-electron chi connectivity index (χ1n) is 8.97. The van der Waals surface area contributed by atoms with E-state index >= 15 is 0 Å². The Morgan fingerprint density at radius 3 is 2.67 bits per heavy atom. The van der Waals surface area contributed by atoms with Crippen LogP contribution in [0, 0.1) is 0 Å². The molecule has 0 spiro atoms. The van der Waals surface area contributed by atoms with Gasteiger partial charge in [0, 0.05) is 20.1 Å². The van der Waals surface area contributed by atoms with E-state index in [1.54, 1.807) is 30.1 Å². The van der Waals surface area contributed by atoms with Gasteiger partial charge >= 0.3 is 0 Å². The van der Waals surface area contributed by atoms with E-state index in [0.29, 0.717) is 42.8 Å². The lowest BCUT2D eigenvalue weighted by atomic mass is 10.2. The second-order valence-corrected chi connectivity index (χ2v) is 6.42. The van der Waals surface area contributed by atoms with Crippen LogP contribution in [0.1, 0.15) is 24.2 Å². The number of ether oxygens (including phenoxy) is 1. The molecule has 1 amide bonds. The van der Waals surface area contributed by atoms with Crippen LogP contribution in [-0.4, -0.2) is 34.4 Å². The molecule has 1 aromatic heterocycles. The zero-order chi connectivity index (χ0) is 19.1. The molecule has 6 heteroatoms. The predicted octanol–water partition coefficient (Wildman–Crippen LogP) is 2.88. The van der Waals surface area contributed by atoms with Crippen molar-refractivity contribution in [2.75, 3.05) is 13.7 Å². The first-order chi connectivity index (χ1) is 13.1. The molecular weight excluding hydrogens is 342 g/mol. The minimum atomic E-state index is -0.189. The Kier molecular flexibility index (Phi) is 6.33. The van der Waals surface area contributed by atoms with Gasteiger partial charge in [-0.15, -0.1) is 0 Å². The van der Waals surface area contributed by atoms with Crippen molar-refractivity contribution in [1.82, 2.24) is 14.9 Å². The maximum atomic E-state index is 12.3. The second kappa shape index (κ2) is 9.09. The lowest BCUT2D eigenvalue weighted by Gasteiger charge is -2.16. The molecular formula is C21H23N3O3. The summed E-state index contributed by atoms with van der Waals surface area (Å²) >= 11 is 0. The van der Waals surface area contributed by atoms with Crippen LogP contribution < -0.4 is 5.56 Å². The summed E-state index contributed by atoms with van der Waals surface area (Å²) < 4.78 is 5.60. The number of amides is 1. The summed E-state index contributed by atoms with van der Waals surface area (Å²) in [5, 5.41) is 0.547. The third-order valence-corrected chi connectivity index (χ3v) is 4.27. The van der Waals surface area contributed by atoms with Crippen molar-refractivity contribution in [3.05, 3.63) is 76.3 Å². The zero-order valence-electron chi connectivity index (χ0n) is 15.4. The van der Waals surface area contributed by atoms with Gasteiger partial charge in [0.1, 0.15) is 5.82 Å². The Hall–Kier alpha value is -2.99. The highest BCUT2D eigenvalue weighted by molar-refractivity contribution is 5.77. The van der Waals surface area contributed by atoms with E-state index in [4.69, 9.17) is 4.74 Å². The smallest absolute Gasteiger partial charge is 0.258 e. The summed E-state index contributed by atoms with van der Waals surface area (Å²) in [6.07, 6.45) is 1.04. The molecule has 0 aliphatic carbocycles. The Morgan fingerprint density at radius 2 is 1.85 bits per heavy atom. The molecule has 140 valence electrons. The van der Waals surface area contributed by atoms with Crippen LogP contribution in [0.4, 0.5) is 0 Å². The first-order valence-corrected chi connectivity index (χ1v) is 8.97. The standard InChI is InChI=1S/C21H23N3O3/c1-24(14-19-22-18-11-6-5-10-17(18)21(26)23-19)20(25)12-7-13-27-15-16-8-3-2-4-9-16/h2-6,8-11H,7,12-15H2,1H3,(H,22,23,26). The summed E-state index contributed by atoms with van der Waals surface area (Å²) in [6, 6.07) is 17.1. The van der Waals surface area contributed by atoms with E-state index in [1.807, 2.05) is 36.4 Å². The van der Waals surface area contributed by atoms with E-state index in [1.165, 1.54) is 0 Å². The minimum Gasteiger partial charge on any atom is -0.377 e. The molecule has 1 N–H and O–H groups in total. The van der Waals surface area contributed by atoms with E-state index in [2.05, 4.69) is 9.97 Å². The highest BCUT2D eigenvalue weighted by Gasteiger charge is 2.11. The van der Waals surface area contributed by atoms with Crippen molar-refractivity contribution in [3.63, 3.8) is 0 Å². The fourth-order valence-corrected chi connectivity index (χ4v) is 2.80. The van der Waals surface area contributed by atoms with Crippen LogP contribution in [0.25, 0.3) is 10.9 Å². The molecule has 0 saturated carbocycles. The topological polar surface area (TPSA) is 75.3 Å². The SMILES string of the molecule is CN(Cc1nc2ccccc2c(=O)[nH]1)C(=O)CCCOCc1ccccc1. The van der Waals surface area contributed by atoms with Gasteiger partial charge in [-0.05, 0) is 24.1 Å². The quantitative estimate of drug-likeness (QED) is 0.623. The van der Waals surface area contributed by atoms with E-state index < -0.39 is 0 Å². The number of hydrogen-bond donors (Lipinski definition) is 1. The number of hydrogen-bond acceptors (Lipinski definition) is 4. The number of para-hydroxylation sites is 1. The summed E-state index contributed by atoms with van der Waals surface area (Å²) in [5.74, 6) is 0.476. The molecule has 27 heavy (non-hydrogen) atoms. The number of benzene rings is 2. The van der Waals surface area contributed by atoms with Crippen LogP contribution in [-0.2, 0) is 22.7 Å². The van der Waals surface area contributed by atoms with Crippen molar-refractivity contribution in [1.29, 1.82) is 0 Å². The fraction of sp³-hybridized carbons (Fsp3) is 0.286. The third kappa shape index (κ3) is 5.24. The zero-order valence-corrected chi connectivity index (χ0v) is 15.4. The molecule has 3 aromatic rings. The van der Waals surface area contributed by atoms with Gasteiger partial charge in [-0.25, -0.2) is 4.98 Å². The number of H-pyrrole nitrogens is 1. The molecule has 3 rings (SSSR count). The van der Waals surface area contributed by atoms with E-state index in [-0.39, 0.29) is 18.0 Å². The molecule has 1 heterocycles. The first kappa shape index (κ1) is 18.8. The molecule has 0 aliphatic heterocycles.